The number of rotatable bonds is 4. The molecule has 2 heterocycles. The van der Waals surface area contributed by atoms with Crippen LogP contribution in [0, 0.1) is 0 Å². The monoisotopic (exact) mass is 318 g/mol. The lowest BCUT2D eigenvalue weighted by molar-refractivity contribution is 0.146. The van der Waals surface area contributed by atoms with Crippen LogP contribution in [-0.4, -0.2) is 26.4 Å². The first kappa shape index (κ1) is 14.5. The van der Waals surface area contributed by atoms with Crippen molar-refractivity contribution in [3.63, 3.8) is 0 Å². The standard InChI is InChI=1S/C12H16O6P2/c1-7-13-19(14-8-1)17-11-3-5-12(6-4-11)18-20-15-9-2-10-16-20/h3-6H,1-2,7-10H2. The third-order valence-electron chi connectivity index (χ3n) is 2.55. The van der Waals surface area contributed by atoms with E-state index in [1.54, 1.807) is 0 Å². The van der Waals surface area contributed by atoms with Crippen molar-refractivity contribution >= 4 is 17.2 Å². The van der Waals surface area contributed by atoms with Gasteiger partial charge >= 0.3 is 17.2 Å². The SMILES string of the molecule is c1cc(OP2OCCCO2)ccc1OP1OCCCO1. The lowest BCUT2D eigenvalue weighted by Gasteiger charge is -2.22. The van der Waals surface area contributed by atoms with E-state index >= 15 is 0 Å². The van der Waals surface area contributed by atoms with E-state index in [2.05, 4.69) is 0 Å². The quantitative estimate of drug-likeness (QED) is 0.788. The zero-order valence-electron chi connectivity index (χ0n) is 10.9. The predicted molar refractivity (Wildman–Crippen MR) is 74.6 cm³/mol. The number of benzene rings is 1. The first-order valence-corrected chi connectivity index (χ1v) is 8.67. The van der Waals surface area contributed by atoms with Gasteiger partial charge in [-0.1, -0.05) is 0 Å². The highest BCUT2D eigenvalue weighted by atomic mass is 31.2. The predicted octanol–water partition coefficient (Wildman–Crippen LogP) is 3.77. The van der Waals surface area contributed by atoms with E-state index in [1.165, 1.54) is 0 Å². The van der Waals surface area contributed by atoms with E-state index in [4.69, 9.17) is 27.1 Å². The van der Waals surface area contributed by atoms with E-state index in [-0.39, 0.29) is 0 Å². The number of hydrogen-bond acceptors (Lipinski definition) is 6. The third kappa shape index (κ3) is 4.26. The van der Waals surface area contributed by atoms with Crippen molar-refractivity contribution in [3.8, 4) is 11.5 Å². The maximum absolute atomic E-state index is 5.61. The fourth-order valence-electron chi connectivity index (χ4n) is 1.59. The molecule has 20 heavy (non-hydrogen) atoms. The van der Waals surface area contributed by atoms with Crippen molar-refractivity contribution < 1.29 is 27.1 Å². The smallest absolute Gasteiger partial charge is 0.397 e. The van der Waals surface area contributed by atoms with Gasteiger partial charge in [0.2, 0.25) is 0 Å². The van der Waals surface area contributed by atoms with Gasteiger partial charge in [0.1, 0.15) is 11.5 Å². The Morgan fingerprint density at radius 2 is 1.00 bits per heavy atom. The highest BCUT2D eigenvalue weighted by Gasteiger charge is 2.20. The molecule has 0 radical (unpaired) electrons. The highest BCUT2D eigenvalue weighted by Crippen LogP contribution is 2.45. The van der Waals surface area contributed by atoms with Crippen LogP contribution in [0.4, 0.5) is 0 Å². The zero-order chi connectivity index (χ0) is 13.6. The topological polar surface area (TPSA) is 55.4 Å². The summed E-state index contributed by atoms with van der Waals surface area (Å²) >= 11 is 0. The van der Waals surface area contributed by atoms with Gasteiger partial charge in [0.15, 0.2) is 0 Å². The molecule has 3 rings (SSSR count). The van der Waals surface area contributed by atoms with Crippen LogP contribution in [0.5, 0.6) is 11.5 Å². The second-order valence-electron chi connectivity index (χ2n) is 4.14. The Kier molecular flexibility index (Phi) is 5.43. The molecule has 1 aromatic carbocycles. The van der Waals surface area contributed by atoms with Crippen molar-refractivity contribution in [1.29, 1.82) is 0 Å². The summed E-state index contributed by atoms with van der Waals surface area (Å²) in [5.74, 6) is 1.40. The average Bonchev–Trinajstić information content (AvgIpc) is 2.51. The molecule has 0 aliphatic carbocycles. The molecular formula is C12H16O6P2. The Balaban J connectivity index is 1.51. The Hall–Kier alpha value is -0.480. The molecule has 0 saturated carbocycles. The van der Waals surface area contributed by atoms with Gasteiger partial charge in [0.05, 0.1) is 26.4 Å². The van der Waals surface area contributed by atoms with E-state index < -0.39 is 17.2 Å². The van der Waals surface area contributed by atoms with E-state index in [0.29, 0.717) is 37.9 Å². The van der Waals surface area contributed by atoms with Crippen molar-refractivity contribution in [2.45, 2.75) is 12.8 Å². The first-order chi connectivity index (χ1) is 9.90. The van der Waals surface area contributed by atoms with Gasteiger partial charge in [0.25, 0.3) is 0 Å². The molecule has 0 unspecified atom stereocenters. The van der Waals surface area contributed by atoms with Gasteiger partial charge in [-0.3, -0.25) is 0 Å². The molecule has 1 aromatic rings. The maximum atomic E-state index is 5.61. The summed E-state index contributed by atoms with van der Waals surface area (Å²) in [7, 11) is -2.52. The zero-order valence-corrected chi connectivity index (χ0v) is 12.7. The second-order valence-corrected chi connectivity index (χ2v) is 6.43. The summed E-state index contributed by atoms with van der Waals surface area (Å²) in [5.41, 5.74) is 0. The molecule has 8 heteroatoms. The molecule has 0 amide bonds. The van der Waals surface area contributed by atoms with Gasteiger partial charge in [0, 0.05) is 0 Å². The second kappa shape index (κ2) is 7.51. The molecule has 0 aromatic heterocycles. The van der Waals surface area contributed by atoms with Crippen molar-refractivity contribution in [2.75, 3.05) is 26.4 Å². The van der Waals surface area contributed by atoms with Crippen LogP contribution in [0.15, 0.2) is 24.3 Å². The molecular weight excluding hydrogens is 302 g/mol. The minimum Gasteiger partial charge on any atom is -0.427 e. The molecule has 2 aliphatic rings. The summed E-state index contributed by atoms with van der Waals surface area (Å²) < 4.78 is 32.8. The van der Waals surface area contributed by atoms with Crippen LogP contribution in [0.2, 0.25) is 0 Å². The van der Waals surface area contributed by atoms with Gasteiger partial charge in [-0.25, -0.2) is 0 Å². The molecule has 0 N–H and O–H groups in total. The summed E-state index contributed by atoms with van der Waals surface area (Å²) in [6.45, 7) is 2.75. The Labute approximate surface area is 120 Å². The van der Waals surface area contributed by atoms with Crippen molar-refractivity contribution in [1.82, 2.24) is 0 Å². The molecule has 0 spiro atoms. The van der Waals surface area contributed by atoms with Crippen LogP contribution in [0.3, 0.4) is 0 Å². The normalized spacial score (nSPS) is 21.6. The average molecular weight is 318 g/mol. The molecule has 0 bridgehead atoms. The Morgan fingerprint density at radius 3 is 1.35 bits per heavy atom. The minimum atomic E-state index is -1.26. The molecule has 2 aliphatic heterocycles. The molecule has 6 nitrogen and oxygen atoms in total. The minimum absolute atomic E-state index is 0.686. The van der Waals surface area contributed by atoms with E-state index in [9.17, 15) is 0 Å². The first-order valence-electron chi connectivity index (χ1n) is 6.48. The Bertz CT molecular complexity index is 364. The van der Waals surface area contributed by atoms with Gasteiger partial charge in [-0.05, 0) is 37.1 Å². The Morgan fingerprint density at radius 1 is 0.650 bits per heavy atom. The summed E-state index contributed by atoms with van der Waals surface area (Å²) in [5, 5.41) is 0. The molecule has 110 valence electrons. The largest absolute Gasteiger partial charge is 0.427 e. The maximum Gasteiger partial charge on any atom is 0.397 e. The van der Waals surface area contributed by atoms with Crippen molar-refractivity contribution in [2.24, 2.45) is 0 Å². The van der Waals surface area contributed by atoms with Crippen LogP contribution in [0.1, 0.15) is 12.8 Å². The van der Waals surface area contributed by atoms with Crippen LogP contribution >= 0.6 is 17.2 Å². The summed E-state index contributed by atoms with van der Waals surface area (Å²) in [6, 6.07) is 7.27. The van der Waals surface area contributed by atoms with E-state index in [0.717, 1.165) is 12.8 Å². The van der Waals surface area contributed by atoms with Gasteiger partial charge in [-0.15, -0.1) is 0 Å². The molecule has 0 atom stereocenters. The fourth-order valence-corrected chi connectivity index (χ4v) is 3.65. The van der Waals surface area contributed by atoms with Crippen molar-refractivity contribution in [3.05, 3.63) is 24.3 Å². The summed E-state index contributed by atoms with van der Waals surface area (Å²) in [4.78, 5) is 0. The van der Waals surface area contributed by atoms with E-state index in [1.807, 2.05) is 24.3 Å². The fraction of sp³-hybridized carbons (Fsp3) is 0.500. The third-order valence-corrected chi connectivity index (χ3v) is 4.84. The van der Waals surface area contributed by atoms with Gasteiger partial charge < -0.3 is 27.1 Å². The summed E-state index contributed by atoms with van der Waals surface area (Å²) in [6.07, 6.45) is 1.83. The lowest BCUT2D eigenvalue weighted by Crippen LogP contribution is -2.08. The van der Waals surface area contributed by atoms with Crippen LogP contribution in [-0.2, 0) is 18.1 Å². The van der Waals surface area contributed by atoms with Gasteiger partial charge in [-0.2, -0.15) is 0 Å². The number of hydrogen-bond donors (Lipinski definition) is 0. The molecule has 2 saturated heterocycles. The molecule has 2 fully saturated rings. The van der Waals surface area contributed by atoms with Crippen LogP contribution in [0.25, 0.3) is 0 Å². The highest BCUT2D eigenvalue weighted by molar-refractivity contribution is 7.42. The lowest BCUT2D eigenvalue weighted by atomic mass is 10.3. The van der Waals surface area contributed by atoms with Crippen LogP contribution < -0.4 is 9.05 Å².